The second kappa shape index (κ2) is 9.09. The van der Waals surface area contributed by atoms with Crippen LogP contribution in [0.1, 0.15) is 28.4 Å². The average molecular weight is 447 g/mol. The van der Waals surface area contributed by atoms with Crippen molar-refractivity contribution in [3.05, 3.63) is 89.5 Å². The molecule has 2 amide bonds. The van der Waals surface area contributed by atoms with Gasteiger partial charge in [0.2, 0.25) is 5.91 Å². The van der Waals surface area contributed by atoms with Crippen LogP contribution in [0.15, 0.2) is 77.7 Å². The molecule has 1 atom stereocenters. The molecule has 0 radical (unpaired) electrons. The number of thioether (sulfide) groups is 1. The molecule has 0 fully saturated rings. The number of benzene rings is 3. The number of fused-ring (bicyclic) bond motifs is 1. The Balaban J connectivity index is 1.72. The highest BCUT2D eigenvalue weighted by Gasteiger charge is 2.47. The van der Waals surface area contributed by atoms with Crippen LogP contribution in [-0.2, 0) is 17.8 Å². The van der Waals surface area contributed by atoms with Crippen LogP contribution in [0.3, 0.4) is 0 Å². The van der Waals surface area contributed by atoms with Crippen molar-refractivity contribution in [3.8, 4) is 5.75 Å². The number of amides is 2. The van der Waals surface area contributed by atoms with Crippen LogP contribution >= 0.6 is 11.8 Å². The molecule has 0 aliphatic carbocycles. The zero-order valence-corrected chi connectivity index (χ0v) is 19.2. The molecular formula is C26H26N2O3S. The number of nitrogens with zero attached hydrogens (tertiary/aromatic N) is 1. The highest BCUT2D eigenvalue weighted by atomic mass is 32.2. The number of carbonyl (C=O) groups excluding carboxylic acids is 2. The van der Waals surface area contributed by atoms with E-state index in [1.54, 1.807) is 23.8 Å². The first-order valence-corrected chi connectivity index (χ1v) is 11.7. The van der Waals surface area contributed by atoms with Crippen molar-refractivity contribution in [2.45, 2.75) is 30.3 Å². The fourth-order valence-corrected chi connectivity index (χ4v) is 4.68. The molecule has 1 N–H and O–H groups in total. The molecular weight excluding hydrogens is 420 g/mol. The van der Waals surface area contributed by atoms with Crippen LogP contribution in [-0.4, -0.2) is 30.7 Å². The smallest absolute Gasteiger partial charge is 0.259 e. The molecule has 0 aromatic heterocycles. The number of methoxy groups -OCH3 is 1. The van der Waals surface area contributed by atoms with Crippen molar-refractivity contribution in [2.24, 2.45) is 0 Å². The third kappa shape index (κ3) is 3.98. The fraction of sp³-hybridized carbons (Fsp3) is 0.231. The molecule has 1 aliphatic rings. The third-order valence-corrected chi connectivity index (χ3v) is 6.64. The lowest BCUT2D eigenvalue weighted by Crippen LogP contribution is -2.63. The monoisotopic (exact) mass is 446 g/mol. The van der Waals surface area contributed by atoms with Gasteiger partial charge in [-0.25, -0.2) is 0 Å². The van der Waals surface area contributed by atoms with Crippen molar-refractivity contribution in [1.29, 1.82) is 0 Å². The van der Waals surface area contributed by atoms with Gasteiger partial charge in [-0.2, -0.15) is 0 Å². The molecule has 5 nitrogen and oxygen atoms in total. The van der Waals surface area contributed by atoms with E-state index >= 15 is 0 Å². The topological polar surface area (TPSA) is 58.6 Å². The van der Waals surface area contributed by atoms with Gasteiger partial charge in [0.1, 0.15) is 11.3 Å². The van der Waals surface area contributed by atoms with Gasteiger partial charge < -0.3 is 10.1 Å². The lowest BCUT2D eigenvalue weighted by Gasteiger charge is -2.44. The summed E-state index contributed by atoms with van der Waals surface area (Å²) in [5.41, 5.74) is 2.03. The Labute approximate surface area is 192 Å². The van der Waals surface area contributed by atoms with Gasteiger partial charge in [-0.1, -0.05) is 42.5 Å². The molecule has 0 saturated carbocycles. The maximum atomic E-state index is 13.6. The summed E-state index contributed by atoms with van der Waals surface area (Å²) in [5, 5.41) is 3.05. The zero-order valence-electron chi connectivity index (χ0n) is 18.4. The Hall–Kier alpha value is -3.25. The van der Waals surface area contributed by atoms with Crippen molar-refractivity contribution < 1.29 is 14.3 Å². The van der Waals surface area contributed by atoms with E-state index < -0.39 is 5.54 Å². The number of anilines is 1. The normalized spacial score (nSPS) is 17.6. The second-order valence-electron chi connectivity index (χ2n) is 7.94. The molecule has 0 spiro atoms. The zero-order chi connectivity index (χ0) is 22.7. The first-order valence-electron chi connectivity index (χ1n) is 10.4. The van der Waals surface area contributed by atoms with E-state index in [9.17, 15) is 9.59 Å². The molecule has 0 saturated heterocycles. The van der Waals surface area contributed by atoms with Gasteiger partial charge in [0, 0.05) is 34.7 Å². The van der Waals surface area contributed by atoms with Gasteiger partial charge in [-0.05, 0) is 49.1 Å². The summed E-state index contributed by atoms with van der Waals surface area (Å²) in [7, 11) is 1.61. The van der Waals surface area contributed by atoms with E-state index in [0.717, 1.165) is 16.0 Å². The predicted molar refractivity (Wildman–Crippen MR) is 128 cm³/mol. The molecule has 32 heavy (non-hydrogen) atoms. The number of ether oxygens (including phenoxy) is 1. The first-order chi connectivity index (χ1) is 15.5. The number of rotatable bonds is 6. The Kier molecular flexibility index (Phi) is 6.24. The quantitative estimate of drug-likeness (QED) is 0.558. The summed E-state index contributed by atoms with van der Waals surface area (Å²) in [6, 6.07) is 22.9. The highest BCUT2D eigenvalue weighted by molar-refractivity contribution is 7.98. The largest absolute Gasteiger partial charge is 0.496 e. The summed E-state index contributed by atoms with van der Waals surface area (Å²) in [4.78, 5) is 29.9. The molecule has 0 bridgehead atoms. The summed E-state index contributed by atoms with van der Waals surface area (Å²) < 4.78 is 5.41. The molecule has 3 aromatic rings. The Morgan fingerprint density at radius 1 is 1.09 bits per heavy atom. The van der Waals surface area contributed by atoms with E-state index in [0.29, 0.717) is 30.0 Å². The van der Waals surface area contributed by atoms with Crippen LogP contribution < -0.4 is 15.0 Å². The van der Waals surface area contributed by atoms with Gasteiger partial charge in [0.25, 0.3) is 5.91 Å². The Morgan fingerprint density at radius 2 is 1.84 bits per heavy atom. The Morgan fingerprint density at radius 3 is 2.62 bits per heavy atom. The van der Waals surface area contributed by atoms with Crippen LogP contribution in [0.25, 0.3) is 0 Å². The lowest BCUT2D eigenvalue weighted by atomic mass is 9.82. The van der Waals surface area contributed by atoms with Crippen LogP contribution in [0, 0.1) is 0 Å². The average Bonchev–Trinajstić information content (AvgIpc) is 2.82. The van der Waals surface area contributed by atoms with E-state index in [2.05, 4.69) is 5.32 Å². The van der Waals surface area contributed by atoms with Crippen molar-refractivity contribution in [3.63, 3.8) is 0 Å². The van der Waals surface area contributed by atoms with E-state index in [1.165, 1.54) is 0 Å². The minimum Gasteiger partial charge on any atom is -0.496 e. The van der Waals surface area contributed by atoms with Crippen molar-refractivity contribution >= 4 is 29.3 Å². The molecule has 3 aromatic carbocycles. The third-order valence-electron chi connectivity index (χ3n) is 5.91. The maximum absolute atomic E-state index is 13.6. The number of carbonyl (C=O) groups is 2. The molecule has 164 valence electrons. The standard InChI is InChI=1S/C26H26N2O3S/c1-26(25(30)27-17-19-10-5-7-14-23(19)31-2)16-18-9-4-6-13-22(18)24(29)28(26)20-11-8-12-21(15-20)32-3/h4-15H,16-17H2,1-3H3,(H,27,30)/t26-/m1/s1. The summed E-state index contributed by atoms with van der Waals surface area (Å²) >= 11 is 1.60. The molecule has 4 rings (SSSR count). The SMILES string of the molecule is COc1ccccc1CNC(=O)[C@@]1(C)Cc2ccccc2C(=O)N1c1cccc(SC)c1. The lowest BCUT2D eigenvalue weighted by molar-refractivity contribution is -0.126. The van der Waals surface area contributed by atoms with Crippen molar-refractivity contribution in [2.75, 3.05) is 18.3 Å². The first kappa shape index (κ1) is 22.0. The van der Waals surface area contributed by atoms with Crippen molar-refractivity contribution in [1.82, 2.24) is 5.32 Å². The van der Waals surface area contributed by atoms with Crippen LogP contribution in [0.2, 0.25) is 0 Å². The number of hydrogen-bond donors (Lipinski definition) is 1. The molecule has 0 unspecified atom stereocenters. The number of nitrogens with one attached hydrogen (secondary N) is 1. The Bertz CT molecular complexity index is 1160. The fourth-order valence-electron chi connectivity index (χ4n) is 4.23. The number of para-hydroxylation sites is 1. The van der Waals surface area contributed by atoms with Gasteiger partial charge in [-0.3, -0.25) is 14.5 Å². The van der Waals surface area contributed by atoms with Crippen LogP contribution in [0.4, 0.5) is 5.69 Å². The highest BCUT2D eigenvalue weighted by Crippen LogP contribution is 2.36. The minimum absolute atomic E-state index is 0.167. The predicted octanol–water partition coefficient (Wildman–Crippen LogP) is 4.70. The van der Waals surface area contributed by atoms with E-state index in [1.807, 2.05) is 86.0 Å². The van der Waals surface area contributed by atoms with Gasteiger partial charge in [0.15, 0.2) is 0 Å². The number of hydrogen-bond acceptors (Lipinski definition) is 4. The molecule has 1 aliphatic heterocycles. The molecule has 6 heteroatoms. The van der Waals surface area contributed by atoms with Crippen LogP contribution in [0.5, 0.6) is 5.75 Å². The van der Waals surface area contributed by atoms with Gasteiger partial charge in [0.05, 0.1) is 7.11 Å². The van der Waals surface area contributed by atoms with Gasteiger partial charge in [-0.15, -0.1) is 11.8 Å². The summed E-state index contributed by atoms with van der Waals surface area (Å²) in [6.45, 7) is 2.15. The van der Waals surface area contributed by atoms with Gasteiger partial charge >= 0.3 is 0 Å². The molecule has 1 heterocycles. The summed E-state index contributed by atoms with van der Waals surface area (Å²) in [6.07, 6.45) is 2.42. The summed E-state index contributed by atoms with van der Waals surface area (Å²) in [5.74, 6) is 0.341. The van der Waals surface area contributed by atoms with E-state index in [-0.39, 0.29) is 11.8 Å². The maximum Gasteiger partial charge on any atom is 0.259 e. The van der Waals surface area contributed by atoms with E-state index in [4.69, 9.17) is 4.74 Å². The minimum atomic E-state index is -1.08. The second-order valence-corrected chi connectivity index (χ2v) is 8.82.